The molecule has 1 amide bonds. The Kier molecular flexibility index (Phi) is 5.80. The van der Waals surface area contributed by atoms with E-state index < -0.39 is 0 Å². The molecule has 0 saturated carbocycles. The number of nitrogens with two attached hydrogens (primary N) is 1. The van der Waals surface area contributed by atoms with Gasteiger partial charge in [-0.25, -0.2) is 15.8 Å². The fourth-order valence-corrected chi connectivity index (χ4v) is 1.48. The molecule has 5 N–H and O–H groups in total. The van der Waals surface area contributed by atoms with Crippen LogP contribution in [0.5, 0.6) is 5.75 Å². The van der Waals surface area contributed by atoms with Gasteiger partial charge in [-0.15, -0.1) is 0 Å². The highest BCUT2D eigenvalue weighted by molar-refractivity contribution is 5.76. The van der Waals surface area contributed by atoms with E-state index >= 15 is 0 Å². The predicted octanol–water partition coefficient (Wildman–Crippen LogP) is 0.0974. The maximum atomic E-state index is 11.5. The number of aromatic nitrogens is 2. The summed E-state index contributed by atoms with van der Waals surface area (Å²) in [6.45, 7) is 4.27. The molecule has 1 rings (SSSR count). The van der Waals surface area contributed by atoms with Crippen molar-refractivity contribution in [2.24, 2.45) is 5.84 Å². The summed E-state index contributed by atoms with van der Waals surface area (Å²) in [7, 11) is 1.50. The summed E-state index contributed by atoms with van der Waals surface area (Å²) in [5.41, 5.74) is 2.42. The van der Waals surface area contributed by atoms with Crippen LogP contribution < -0.4 is 26.6 Å². The van der Waals surface area contributed by atoms with Gasteiger partial charge in [-0.05, 0) is 13.8 Å². The highest BCUT2D eigenvalue weighted by Crippen LogP contribution is 2.27. The Morgan fingerprint density at radius 3 is 2.68 bits per heavy atom. The summed E-state index contributed by atoms with van der Waals surface area (Å²) in [6, 6.07) is 0.133. The van der Waals surface area contributed by atoms with Gasteiger partial charge in [0.15, 0.2) is 11.6 Å². The van der Waals surface area contributed by atoms with Gasteiger partial charge in [0.1, 0.15) is 6.33 Å². The van der Waals surface area contributed by atoms with Crippen molar-refractivity contribution >= 4 is 17.5 Å². The minimum atomic E-state index is -0.0207. The summed E-state index contributed by atoms with van der Waals surface area (Å²) in [5, 5.41) is 5.82. The third-order valence-corrected chi connectivity index (χ3v) is 2.24. The van der Waals surface area contributed by atoms with Crippen LogP contribution in [-0.2, 0) is 4.79 Å². The van der Waals surface area contributed by atoms with Crippen molar-refractivity contribution in [2.45, 2.75) is 26.3 Å². The molecule has 1 aromatic heterocycles. The van der Waals surface area contributed by atoms with Gasteiger partial charge in [0.25, 0.3) is 0 Å². The van der Waals surface area contributed by atoms with Crippen molar-refractivity contribution < 1.29 is 9.53 Å². The number of nitrogen functional groups attached to an aromatic ring is 1. The molecule has 0 aliphatic rings. The second kappa shape index (κ2) is 7.37. The highest BCUT2D eigenvalue weighted by Gasteiger charge is 2.11. The van der Waals surface area contributed by atoms with Crippen molar-refractivity contribution in [1.82, 2.24) is 15.3 Å². The predicted molar refractivity (Wildman–Crippen MR) is 72.8 cm³/mol. The van der Waals surface area contributed by atoms with Gasteiger partial charge in [0, 0.05) is 19.0 Å². The number of hydrogen-bond donors (Lipinski definition) is 4. The van der Waals surface area contributed by atoms with Crippen LogP contribution in [0.25, 0.3) is 0 Å². The van der Waals surface area contributed by atoms with Crippen LogP contribution in [0.2, 0.25) is 0 Å². The molecular weight excluding hydrogens is 248 g/mol. The fourth-order valence-electron chi connectivity index (χ4n) is 1.48. The second-order valence-electron chi connectivity index (χ2n) is 4.15. The molecule has 8 nitrogen and oxygen atoms in total. The Balaban J connectivity index is 2.56. The topological polar surface area (TPSA) is 114 Å². The van der Waals surface area contributed by atoms with Crippen LogP contribution in [0.15, 0.2) is 6.33 Å². The quantitative estimate of drug-likeness (QED) is 0.409. The van der Waals surface area contributed by atoms with E-state index in [1.165, 1.54) is 13.4 Å². The van der Waals surface area contributed by atoms with Crippen LogP contribution in [0.1, 0.15) is 20.3 Å². The Bertz CT molecular complexity index is 424. The standard InChI is InChI=1S/C11H20N6O2/c1-7(2)16-8(18)4-5-13-10-9(19-3)11(17-12)15-6-14-10/h6-7H,4-5,12H2,1-3H3,(H,16,18)(H2,13,14,15,17). The molecule has 0 aliphatic carbocycles. The van der Waals surface area contributed by atoms with E-state index in [1.807, 2.05) is 13.8 Å². The minimum absolute atomic E-state index is 0.0207. The molecule has 0 spiro atoms. The average molecular weight is 268 g/mol. The molecule has 0 aliphatic heterocycles. The van der Waals surface area contributed by atoms with Crippen molar-refractivity contribution in [3.8, 4) is 5.75 Å². The van der Waals surface area contributed by atoms with Gasteiger partial charge in [-0.1, -0.05) is 0 Å². The monoisotopic (exact) mass is 268 g/mol. The lowest BCUT2D eigenvalue weighted by atomic mass is 10.3. The Morgan fingerprint density at radius 1 is 1.42 bits per heavy atom. The van der Waals surface area contributed by atoms with E-state index in [0.29, 0.717) is 30.4 Å². The van der Waals surface area contributed by atoms with Gasteiger partial charge in [0.05, 0.1) is 7.11 Å². The number of nitrogens with one attached hydrogen (secondary N) is 3. The van der Waals surface area contributed by atoms with E-state index in [2.05, 4.69) is 26.0 Å². The van der Waals surface area contributed by atoms with Crippen LogP contribution in [-0.4, -0.2) is 35.6 Å². The van der Waals surface area contributed by atoms with Crippen LogP contribution >= 0.6 is 0 Å². The number of hydrazine groups is 1. The summed E-state index contributed by atoms with van der Waals surface area (Å²) >= 11 is 0. The number of nitrogens with zero attached hydrogens (tertiary/aromatic N) is 2. The van der Waals surface area contributed by atoms with Gasteiger partial charge in [-0.2, -0.15) is 0 Å². The van der Waals surface area contributed by atoms with E-state index in [9.17, 15) is 4.79 Å². The lowest BCUT2D eigenvalue weighted by molar-refractivity contribution is -0.121. The number of methoxy groups -OCH3 is 1. The van der Waals surface area contributed by atoms with Gasteiger partial charge < -0.3 is 20.8 Å². The molecule has 8 heteroatoms. The zero-order valence-electron chi connectivity index (χ0n) is 11.4. The maximum Gasteiger partial charge on any atom is 0.221 e. The van der Waals surface area contributed by atoms with Crippen molar-refractivity contribution in [3.05, 3.63) is 6.33 Å². The van der Waals surface area contributed by atoms with Crippen molar-refractivity contribution in [1.29, 1.82) is 0 Å². The smallest absolute Gasteiger partial charge is 0.221 e. The third kappa shape index (κ3) is 4.59. The number of rotatable bonds is 7. The van der Waals surface area contributed by atoms with E-state index in [0.717, 1.165) is 0 Å². The molecule has 1 aromatic rings. The largest absolute Gasteiger partial charge is 0.490 e. The van der Waals surface area contributed by atoms with Crippen molar-refractivity contribution in [2.75, 3.05) is 24.4 Å². The average Bonchev–Trinajstić information content (AvgIpc) is 2.37. The summed E-state index contributed by atoms with van der Waals surface area (Å²) < 4.78 is 5.16. The van der Waals surface area contributed by atoms with Gasteiger partial charge >= 0.3 is 0 Å². The molecule has 19 heavy (non-hydrogen) atoms. The first kappa shape index (κ1) is 15.0. The van der Waals surface area contributed by atoms with Gasteiger partial charge in [-0.3, -0.25) is 4.79 Å². The number of anilines is 2. The fraction of sp³-hybridized carbons (Fsp3) is 0.545. The second-order valence-corrected chi connectivity index (χ2v) is 4.15. The SMILES string of the molecule is COc1c(NN)ncnc1NCCC(=O)NC(C)C. The molecule has 0 bridgehead atoms. The number of carbonyl (C=O) groups is 1. The highest BCUT2D eigenvalue weighted by atomic mass is 16.5. The van der Waals surface area contributed by atoms with E-state index in [4.69, 9.17) is 10.6 Å². The first-order valence-electron chi connectivity index (χ1n) is 5.97. The molecule has 0 aromatic carbocycles. The number of ether oxygens (including phenoxy) is 1. The lowest BCUT2D eigenvalue weighted by Gasteiger charge is -2.13. The van der Waals surface area contributed by atoms with Crippen LogP contribution in [0.4, 0.5) is 11.6 Å². The summed E-state index contributed by atoms with van der Waals surface area (Å²) in [5.74, 6) is 6.58. The Labute approximate surface area is 112 Å². The summed E-state index contributed by atoms with van der Waals surface area (Å²) in [6.07, 6.45) is 1.70. The van der Waals surface area contributed by atoms with Crippen LogP contribution in [0, 0.1) is 0 Å². The third-order valence-electron chi connectivity index (χ3n) is 2.24. The molecule has 0 fully saturated rings. The maximum absolute atomic E-state index is 11.5. The first-order valence-corrected chi connectivity index (χ1v) is 5.97. The molecule has 0 unspecified atom stereocenters. The molecule has 0 atom stereocenters. The zero-order valence-corrected chi connectivity index (χ0v) is 11.4. The number of carbonyl (C=O) groups excluding carboxylic acids is 1. The van der Waals surface area contributed by atoms with Crippen LogP contribution in [0.3, 0.4) is 0 Å². The Morgan fingerprint density at radius 2 is 2.11 bits per heavy atom. The lowest BCUT2D eigenvalue weighted by Crippen LogP contribution is -2.31. The molecule has 0 radical (unpaired) electrons. The van der Waals surface area contributed by atoms with Gasteiger partial charge in [0.2, 0.25) is 11.7 Å². The Hall–Kier alpha value is -2.09. The van der Waals surface area contributed by atoms with E-state index in [-0.39, 0.29) is 11.9 Å². The molecule has 106 valence electrons. The normalized spacial score (nSPS) is 10.2. The zero-order chi connectivity index (χ0) is 14.3. The molecule has 0 saturated heterocycles. The van der Waals surface area contributed by atoms with E-state index in [1.54, 1.807) is 0 Å². The number of amides is 1. The molecular formula is C11H20N6O2. The van der Waals surface area contributed by atoms with Crippen molar-refractivity contribution in [3.63, 3.8) is 0 Å². The minimum Gasteiger partial charge on any atom is -0.490 e. The summed E-state index contributed by atoms with van der Waals surface area (Å²) in [4.78, 5) is 19.4. The molecule has 1 heterocycles. The first-order chi connectivity index (χ1) is 9.08. The number of hydrogen-bond acceptors (Lipinski definition) is 7.